The molecule has 2 bridgehead atoms. The number of carbonyl (C=O) groups is 1. The predicted molar refractivity (Wildman–Crippen MR) is 105 cm³/mol. The third kappa shape index (κ3) is 2.94. The highest BCUT2D eigenvalue weighted by molar-refractivity contribution is 5.86. The zero-order valence-electron chi connectivity index (χ0n) is 15.8. The Morgan fingerprint density at radius 3 is 1.85 bits per heavy atom. The maximum Gasteiger partial charge on any atom is 0.143 e. The predicted octanol–water partition coefficient (Wildman–Crippen LogP) is 2.59. The molecule has 2 aromatic carbocycles. The van der Waals surface area contributed by atoms with Crippen molar-refractivity contribution >= 4 is 5.78 Å². The first-order chi connectivity index (χ1) is 13.3. The number of rotatable bonds is 3. The molecule has 3 heteroatoms. The molecule has 4 fully saturated rings. The molecule has 6 rings (SSSR count). The van der Waals surface area contributed by atoms with E-state index in [2.05, 4.69) is 60.7 Å². The van der Waals surface area contributed by atoms with Gasteiger partial charge in [0.2, 0.25) is 0 Å². The van der Waals surface area contributed by atoms with Gasteiger partial charge in [0.25, 0.3) is 0 Å². The fourth-order valence-corrected chi connectivity index (χ4v) is 6.12. The van der Waals surface area contributed by atoms with Crippen LogP contribution in [0.2, 0.25) is 0 Å². The van der Waals surface area contributed by atoms with Gasteiger partial charge in [-0.3, -0.25) is 4.79 Å². The smallest absolute Gasteiger partial charge is 0.143 e. The highest BCUT2D eigenvalue weighted by atomic mass is 16.5. The number of morpholine rings is 1. The SMILES string of the molecule is O=C1CC2([NH+]3CCOCC3)C[C@@H](c3ccccc3)C1[C@H](c1ccccc1)C2. The number of carbonyl (C=O) groups excluding carboxylic acids is 1. The number of hydrogen-bond donors (Lipinski definition) is 1. The highest BCUT2D eigenvalue weighted by Gasteiger charge is 2.60. The van der Waals surface area contributed by atoms with Crippen molar-refractivity contribution in [2.45, 2.75) is 36.6 Å². The Balaban J connectivity index is 1.59. The van der Waals surface area contributed by atoms with Crippen LogP contribution in [-0.4, -0.2) is 37.6 Å². The average Bonchev–Trinajstić information content (AvgIpc) is 2.75. The summed E-state index contributed by atoms with van der Waals surface area (Å²) in [4.78, 5) is 15.0. The molecule has 0 spiro atoms. The van der Waals surface area contributed by atoms with Crippen LogP contribution in [0.3, 0.4) is 0 Å². The van der Waals surface area contributed by atoms with Gasteiger partial charge in [0.05, 0.1) is 19.6 Å². The maximum absolute atomic E-state index is 13.4. The number of Topliss-reactive ketones (excluding diaryl/α,β-unsaturated/α-hetero) is 1. The van der Waals surface area contributed by atoms with Crippen LogP contribution in [0.1, 0.15) is 42.2 Å². The van der Waals surface area contributed by atoms with Crippen molar-refractivity contribution in [1.29, 1.82) is 0 Å². The molecule has 0 radical (unpaired) electrons. The quantitative estimate of drug-likeness (QED) is 0.910. The Kier molecular flexibility index (Phi) is 4.37. The van der Waals surface area contributed by atoms with Crippen LogP contribution < -0.4 is 4.90 Å². The Bertz CT molecular complexity index is 748. The van der Waals surface area contributed by atoms with Crippen LogP contribution in [0.15, 0.2) is 60.7 Å². The van der Waals surface area contributed by atoms with Gasteiger partial charge < -0.3 is 9.64 Å². The summed E-state index contributed by atoms with van der Waals surface area (Å²) in [6, 6.07) is 21.5. The molecule has 3 saturated carbocycles. The molecule has 2 atom stereocenters. The van der Waals surface area contributed by atoms with Crippen LogP contribution in [0.5, 0.6) is 0 Å². The molecule has 27 heavy (non-hydrogen) atoms. The van der Waals surface area contributed by atoms with E-state index in [0.717, 1.165) is 45.6 Å². The van der Waals surface area contributed by atoms with E-state index in [1.54, 1.807) is 4.90 Å². The molecular formula is C24H28NO2+. The zero-order valence-corrected chi connectivity index (χ0v) is 15.8. The lowest BCUT2D eigenvalue weighted by Crippen LogP contribution is -3.22. The molecule has 1 heterocycles. The number of hydrogen-bond acceptors (Lipinski definition) is 2. The Morgan fingerprint density at radius 2 is 1.33 bits per heavy atom. The van der Waals surface area contributed by atoms with Gasteiger partial charge in [-0.1, -0.05) is 60.7 Å². The summed E-state index contributed by atoms with van der Waals surface area (Å²) in [5.41, 5.74) is 2.75. The monoisotopic (exact) mass is 362 g/mol. The summed E-state index contributed by atoms with van der Waals surface area (Å²) in [6.45, 7) is 3.70. The third-order valence-corrected chi connectivity index (χ3v) is 7.27. The first-order valence-corrected chi connectivity index (χ1v) is 10.3. The van der Waals surface area contributed by atoms with Gasteiger partial charge in [0.15, 0.2) is 0 Å². The van der Waals surface area contributed by atoms with Gasteiger partial charge in [-0.25, -0.2) is 0 Å². The lowest BCUT2D eigenvalue weighted by Gasteiger charge is -2.56. The van der Waals surface area contributed by atoms with E-state index in [0.29, 0.717) is 17.6 Å². The van der Waals surface area contributed by atoms with Gasteiger partial charge in [-0.05, 0) is 11.1 Å². The van der Waals surface area contributed by atoms with E-state index >= 15 is 0 Å². The van der Waals surface area contributed by atoms with Crippen LogP contribution in [-0.2, 0) is 9.53 Å². The zero-order chi connectivity index (χ0) is 18.3. The molecule has 0 amide bonds. The molecule has 1 N–H and O–H groups in total. The van der Waals surface area contributed by atoms with Gasteiger partial charge in [-0.15, -0.1) is 0 Å². The van der Waals surface area contributed by atoms with Gasteiger partial charge in [0.1, 0.15) is 24.4 Å². The van der Waals surface area contributed by atoms with Gasteiger partial charge in [0, 0.05) is 30.6 Å². The number of quaternary nitrogens is 1. The molecule has 140 valence electrons. The lowest BCUT2D eigenvalue weighted by atomic mass is 9.52. The fraction of sp³-hybridized carbons (Fsp3) is 0.458. The fourth-order valence-electron chi connectivity index (χ4n) is 6.12. The largest absolute Gasteiger partial charge is 0.370 e. The van der Waals surface area contributed by atoms with Crippen LogP contribution >= 0.6 is 0 Å². The van der Waals surface area contributed by atoms with Crippen molar-refractivity contribution in [2.24, 2.45) is 5.92 Å². The van der Waals surface area contributed by atoms with Crippen molar-refractivity contribution < 1.29 is 14.4 Å². The van der Waals surface area contributed by atoms with E-state index in [-0.39, 0.29) is 11.5 Å². The standard InChI is InChI=1S/C24H27NO2/c26-22-17-24(25-11-13-27-14-12-25)15-20(18-7-3-1-4-8-18)23(22)21(16-24)19-9-5-2-6-10-19/h1-10,20-21,23H,11-17H2/p+1/t20-,21-,23?,24?/m0/s1. The second-order valence-electron chi connectivity index (χ2n) is 8.61. The van der Waals surface area contributed by atoms with Crippen molar-refractivity contribution in [3.05, 3.63) is 71.8 Å². The topological polar surface area (TPSA) is 30.7 Å². The summed E-state index contributed by atoms with van der Waals surface area (Å²) in [6.07, 6.45) is 3.01. The summed E-state index contributed by atoms with van der Waals surface area (Å²) in [7, 11) is 0. The summed E-state index contributed by atoms with van der Waals surface area (Å²) >= 11 is 0. The number of ketones is 1. The minimum atomic E-state index is 0.0661. The molecular weight excluding hydrogens is 334 g/mol. The lowest BCUT2D eigenvalue weighted by molar-refractivity contribution is -0.962. The summed E-state index contributed by atoms with van der Waals surface area (Å²) in [5.74, 6) is 1.27. The molecule has 3 aliphatic carbocycles. The van der Waals surface area contributed by atoms with E-state index in [9.17, 15) is 4.79 Å². The molecule has 1 aliphatic heterocycles. The summed E-state index contributed by atoms with van der Waals surface area (Å²) < 4.78 is 5.64. The first-order valence-electron chi connectivity index (χ1n) is 10.3. The molecule has 3 nitrogen and oxygen atoms in total. The normalized spacial score (nSPS) is 33.9. The molecule has 1 saturated heterocycles. The molecule has 0 aromatic heterocycles. The van der Waals surface area contributed by atoms with Crippen molar-refractivity contribution in [3.63, 3.8) is 0 Å². The van der Waals surface area contributed by atoms with Crippen LogP contribution in [0, 0.1) is 5.92 Å². The number of nitrogens with one attached hydrogen (secondary N) is 1. The van der Waals surface area contributed by atoms with Crippen molar-refractivity contribution in [2.75, 3.05) is 26.3 Å². The average molecular weight is 362 g/mol. The Morgan fingerprint density at radius 1 is 0.815 bits per heavy atom. The summed E-state index contributed by atoms with van der Waals surface area (Å²) in [5, 5.41) is 0. The van der Waals surface area contributed by atoms with Crippen LogP contribution in [0.4, 0.5) is 0 Å². The number of benzene rings is 2. The third-order valence-electron chi connectivity index (χ3n) is 7.27. The van der Waals surface area contributed by atoms with E-state index < -0.39 is 0 Å². The van der Waals surface area contributed by atoms with Gasteiger partial charge in [-0.2, -0.15) is 0 Å². The van der Waals surface area contributed by atoms with E-state index in [1.165, 1.54) is 11.1 Å². The van der Waals surface area contributed by atoms with E-state index in [1.807, 2.05) is 0 Å². The second kappa shape index (κ2) is 6.88. The molecule has 0 unspecified atom stereocenters. The maximum atomic E-state index is 13.4. The van der Waals surface area contributed by atoms with Crippen LogP contribution in [0.25, 0.3) is 0 Å². The minimum absolute atomic E-state index is 0.0661. The highest BCUT2D eigenvalue weighted by Crippen LogP contribution is 2.55. The minimum Gasteiger partial charge on any atom is -0.370 e. The number of ether oxygens (including phenoxy) is 1. The molecule has 2 aromatic rings. The Hall–Kier alpha value is -1.97. The number of fused-ring (bicyclic) bond motifs is 3. The van der Waals surface area contributed by atoms with E-state index in [4.69, 9.17) is 4.74 Å². The Labute approximate surface area is 161 Å². The van der Waals surface area contributed by atoms with Crippen molar-refractivity contribution in [3.8, 4) is 0 Å². The molecule has 4 aliphatic rings. The van der Waals surface area contributed by atoms with Crippen molar-refractivity contribution in [1.82, 2.24) is 0 Å². The first kappa shape index (κ1) is 17.2. The second-order valence-corrected chi connectivity index (χ2v) is 8.61. The van der Waals surface area contributed by atoms with Gasteiger partial charge >= 0.3 is 0 Å².